The summed E-state index contributed by atoms with van der Waals surface area (Å²) in [4.78, 5) is 31.7. The van der Waals surface area contributed by atoms with Crippen LogP contribution in [0.3, 0.4) is 0 Å². The zero-order chi connectivity index (χ0) is 27.6. The maximum absolute atomic E-state index is 13.5. The largest absolute Gasteiger partial charge is 0.496 e. The molecule has 2 aromatic carbocycles. The number of hydrogen-bond donors (Lipinski definition) is 0. The molecular weight excluding hydrogens is 498 g/mol. The predicted molar refractivity (Wildman–Crippen MR) is 150 cm³/mol. The SMILES string of the molecule is C=CCCCOc1cc(N2CCCN(Cc3ccc(CC(=O)N4CCOCC4)cc3OC)C2=O)ccc1OC. The number of ether oxygens (including phenoxy) is 4. The zero-order valence-corrected chi connectivity index (χ0v) is 23.0. The minimum Gasteiger partial charge on any atom is -0.496 e. The highest BCUT2D eigenvalue weighted by Crippen LogP contribution is 2.34. The lowest BCUT2D eigenvalue weighted by Gasteiger charge is -2.36. The second-order valence-electron chi connectivity index (χ2n) is 9.64. The van der Waals surface area contributed by atoms with Gasteiger partial charge >= 0.3 is 6.03 Å². The Labute approximate surface area is 230 Å². The molecule has 4 rings (SSSR count). The summed E-state index contributed by atoms with van der Waals surface area (Å²) in [6.07, 6.45) is 4.74. The maximum Gasteiger partial charge on any atom is 0.324 e. The van der Waals surface area contributed by atoms with Crippen LogP contribution in [0.1, 0.15) is 30.4 Å². The van der Waals surface area contributed by atoms with Crippen LogP contribution in [0.2, 0.25) is 0 Å². The molecule has 210 valence electrons. The number of unbranched alkanes of at least 4 members (excludes halogenated alkanes) is 1. The van der Waals surface area contributed by atoms with Gasteiger partial charge in [0.25, 0.3) is 0 Å². The van der Waals surface area contributed by atoms with E-state index in [1.807, 2.05) is 52.3 Å². The summed E-state index contributed by atoms with van der Waals surface area (Å²) in [5, 5.41) is 0. The van der Waals surface area contributed by atoms with E-state index < -0.39 is 0 Å². The first-order valence-electron chi connectivity index (χ1n) is 13.5. The summed E-state index contributed by atoms with van der Waals surface area (Å²) in [6, 6.07) is 11.3. The first kappa shape index (κ1) is 28.3. The van der Waals surface area contributed by atoms with Gasteiger partial charge in [-0.25, -0.2) is 4.79 Å². The highest BCUT2D eigenvalue weighted by Gasteiger charge is 2.28. The molecule has 0 saturated carbocycles. The van der Waals surface area contributed by atoms with Crippen molar-refractivity contribution in [2.75, 3.05) is 65.1 Å². The smallest absolute Gasteiger partial charge is 0.324 e. The van der Waals surface area contributed by atoms with E-state index in [1.54, 1.807) is 19.1 Å². The van der Waals surface area contributed by atoms with Crippen LogP contribution in [-0.2, 0) is 22.5 Å². The molecular formula is C30H39N3O6. The molecule has 0 aliphatic carbocycles. The topological polar surface area (TPSA) is 80.8 Å². The molecule has 2 aliphatic rings. The fraction of sp³-hybridized carbons (Fsp3) is 0.467. The molecule has 0 radical (unpaired) electrons. The number of allylic oxidation sites excluding steroid dienone is 1. The molecule has 2 aromatic rings. The number of carbonyl (C=O) groups is 2. The van der Waals surface area contributed by atoms with Crippen molar-refractivity contribution >= 4 is 17.6 Å². The van der Waals surface area contributed by atoms with Crippen LogP contribution in [0.5, 0.6) is 17.2 Å². The van der Waals surface area contributed by atoms with Gasteiger partial charge in [0.2, 0.25) is 5.91 Å². The Hall–Kier alpha value is -3.72. The zero-order valence-electron chi connectivity index (χ0n) is 23.0. The fourth-order valence-electron chi connectivity index (χ4n) is 4.86. The van der Waals surface area contributed by atoms with Crippen LogP contribution in [0.4, 0.5) is 10.5 Å². The Morgan fingerprint density at radius 1 is 1.00 bits per heavy atom. The number of hydrogen-bond acceptors (Lipinski definition) is 6. The van der Waals surface area contributed by atoms with Gasteiger partial charge in [0.15, 0.2) is 11.5 Å². The number of rotatable bonds is 12. The number of urea groups is 1. The van der Waals surface area contributed by atoms with E-state index in [1.165, 1.54) is 0 Å². The van der Waals surface area contributed by atoms with Crippen molar-refractivity contribution in [2.45, 2.75) is 32.2 Å². The van der Waals surface area contributed by atoms with Gasteiger partial charge in [-0.05, 0) is 43.0 Å². The first-order chi connectivity index (χ1) is 19.0. The van der Waals surface area contributed by atoms with E-state index >= 15 is 0 Å². The number of amides is 3. The Morgan fingerprint density at radius 2 is 1.79 bits per heavy atom. The van der Waals surface area contributed by atoms with E-state index in [9.17, 15) is 9.59 Å². The van der Waals surface area contributed by atoms with E-state index in [-0.39, 0.29) is 11.9 Å². The van der Waals surface area contributed by atoms with Crippen molar-refractivity contribution in [3.63, 3.8) is 0 Å². The van der Waals surface area contributed by atoms with Crippen LogP contribution < -0.4 is 19.1 Å². The minimum absolute atomic E-state index is 0.0716. The highest BCUT2D eigenvalue weighted by molar-refractivity contribution is 5.93. The van der Waals surface area contributed by atoms with Gasteiger partial charge in [0.1, 0.15) is 5.75 Å². The second-order valence-corrected chi connectivity index (χ2v) is 9.64. The third-order valence-electron chi connectivity index (χ3n) is 7.01. The Kier molecular flexibility index (Phi) is 10.1. The number of anilines is 1. The molecule has 0 bridgehead atoms. The number of morpholine rings is 1. The average Bonchev–Trinajstić information content (AvgIpc) is 2.97. The molecule has 0 N–H and O–H groups in total. The van der Waals surface area contributed by atoms with Crippen LogP contribution in [-0.4, -0.2) is 82.0 Å². The summed E-state index contributed by atoms with van der Waals surface area (Å²) in [7, 11) is 3.22. The third-order valence-corrected chi connectivity index (χ3v) is 7.01. The summed E-state index contributed by atoms with van der Waals surface area (Å²) in [5.41, 5.74) is 2.56. The maximum atomic E-state index is 13.5. The monoisotopic (exact) mass is 537 g/mol. The molecule has 9 heteroatoms. The average molecular weight is 538 g/mol. The molecule has 0 aromatic heterocycles. The first-order valence-corrected chi connectivity index (χ1v) is 13.5. The molecule has 2 heterocycles. The molecule has 2 aliphatic heterocycles. The third kappa shape index (κ3) is 7.23. The van der Waals surface area contributed by atoms with Crippen LogP contribution in [0, 0.1) is 0 Å². The number of methoxy groups -OCH3 is 2. The molecule has 3 amide bonds. The lowest BCUT2D eigenvalue weighted by molar-refractivity contribution is -0.134. The molecule has 9 nitrogen and oxygen atoms in total. The van der Waals surface area contributed by atoms with Crippen molar-refractivity contribution in [3.8, 4) is 17.2 Å². The van der Waals surface area contributed by atoms with Gasteiger partial charge in [0.05, 0.1) is 47.0 Å². The van der Waals surface area contributed by atoms with Crippen molar-refractivity contribution in [1.29, 1.82) is 0 Å². The van der Waals surface area contributed by atoms with Crippen LogP contribution in [0.25, 0.3) is 0 Å². The normalized spacial score (nSPS) is 15.7. The van der Waals surface area contributed by atoms with E-state index in [4.69, 9.17) is 18.9 Å². The van der Waals surface area contributed by atoms with Crippen molar-refractivity contribution in [1.82, 2.24) is 9.80 Å². The summed E-state index contributed by atoms with van der Waals surface area (Å²) in [6.45, 7) is 8.38. The van der Waals surface area contributed by atoms with Crippen molar-refractivity contribution < 1.29 is 28.5 Å². The second kappa shape index (κ2) is 13.9. The Balaban J connectivity index is 1.44. The summed E-state index contributed by atoms with van der Waals surface area (Å²) >= 11 is 0. The molecule has 0 atom stereocenters. The van der Waals surface area contributed by atoms with E-state index in [0.29, 0.717) is 76.2 Å². The standard InChI is InChI=1S/C30H39N3O6/c1-4-5-6-16-39-28-21-25(10-11-26(28)36-2)33-13-7-12-32(30(33)35)22-24-9-8-23(19-27(24)37-3)20-29(34)31-14-17-38-18-15-31/h4,8-11,19,21H,1,5-7,12-18,20,22H2,2-3H3. The number of nitrogens with zero attached hydrogens (tertiary/aromatic N) is 3. The van der Waals surface area contributed by atoms with Gasteiger partial charge in [0, 0.05) is 43.5 Å². The van der Waals surface area contributed by atoms with E-state index in [0.717, 1.165) is 36.1 Å². The molecule has 0 spiro atoms. The lowest BCUT2D eigenvalue weighted by Crippen LogP contribution is -2.49. The Bertz CT molecular complexity index is 1150. The van der Waals surface area contributed by atoms with Crippen molar-refractivity contribution in [3.05, 3.63) is 60.2 Å². The van der Waals surface area contributed by atoms with Crippen molar-refractivity contribution in [2.24, 2.45) is 0 Å². The van der Waals surface area contributed by atoms with Gasteiger partial charge in [-0.2, -0.15) is 0 Å². The molecule has 2 saturated heterocycles. The van der Waals surface area contributed by atoms with Gasteiger partial charge in [-0.15, -0.1) is 6.58 Å². The lowest BCUT2D eigenvalue weighted by atomic mass is 10.1. The molecule has 39 heavy (non-hydrogen) atoms. The highest BCUT2D eigenvalue weighted by atomic mass is 16.5. The summed E-state index contributed by atoms with van der Waals surface area (Å²) in [5.74, 6) is 2.01. The fourth-order valence-corrected chi connectivity index (χ4v) is 4.86. The van der Waals surface area contributed by atoms with Crippen LogP contribution >= 0.6 is 0 Å². The molecule has 2 fully saturated rings. The number of carbonyl (C=O) groups excluding carboxylic acids is 2. The predicted octanol–water partition coefficient (Wildman–Crippen LogP) is 4.28. The minimum atomic E-state index is -0.0716. The quantitative estimate of drug-likeness (QED) is 0.297. The summed E-state index contributed by atoms with van der Waals surface area (Å²) < 4.78 is 22.4. The number of benzene rings is 2. The van der Waals surface area contributed by atoms with Gasteiger partial charge < -0.3 is 28.7 Å². The molecule has 0 unspecified atom stereocenters. The van der Waals surface area contributed by atoms with Gasteiger partial charge in [-0.1, -0.05) is 18.2 Å². The Morgan fingerprint density at radius 3 is 2.54 bits per heavy atom. The van der Waals surface area contributed by atoms with Crippen LogP contribution in [0.15, 0.2) is 49.1 Å². The van der Waals surface area contributed by atoms with Gasteiger partial charge in [-0.3, -0.25) is 9.69 Å². The van der Waals surface area contributed by atoms with E-state index in [2.05, 4.69) is 6.58 Å².